The normalized spacial score (nSPS) is 15.2. The van der Waals surface area contributed by atoms with Crippen molar-refractivity contribution in [3.8, 4) is 0 Å². The highest BCUT2D eigenvalue weighted by molar-refractivity contribution is 8.00. The molecule has 2 amide bonds. The molecule has 1 fully saturated rings. The topological polar surface area (TPSA) is 75.7 Å². The number of nitrogens with one attached hydrogen (secondary N) is 1. The Balaban J connectivity index is 1.47. The first-order valence-electron chi connectivity index (χ1n) is 11.2. The van der Waals surface area contributed by atoms with Gasteiger partial charge in [0.2, 0.25) is 5.91 Å². The standard InChI is InChI=1S/C27H25ClN2O4S/c1-3-34-27(33)21-7-4-17(2)23(14-21)29-25(32)19-8-10-20(11-9-19)26-30(24(31)16-35-26)15-18-5-12-22(28)13-6-18/h4-14,26H,3,15-16H2,1-2H3,(H,29,32)/t26-/m0/s1. The molecule has 35 heavy (non-hydrogen) atoms. The third kappa shape index (κ3) is 5.86. The number of benzene rings is 3. The summed E-state index contributed by atoms with van der Waals surface area (Å²) in [6, 6.07) is 19.8. The van der Waals surface area contributed by atoms with Gasteiger partial charge in [0, 0.05) is 22.8 Å². The molecular weight excluding hydrogens is 484 g/mol. The van der Waals surface area contributed by atoms with Gasteiger partial charge in [-0.3, -0.25) is 9.59 Å². The lowest BCUT2D eigenvalue weighted by molar-refractivity contribution is -0.128. The Morgan fingerprint density at radius 1 is 1.06 bits per heavy atom. The molecule has 0 radical (unpaired) electrons. The van der Waals surface area contributed by atoms with E-state index in [0.717, 1.165) is 16.7 Å². The zero-order valence-electron chi connectivity index (χ0n) is 19.4. The molecular formula is C27H25ClN2O4S. The van der Waals surface area contributed by atoms with Crippen LogP contribution < -0.4 is 5.32 Å². The molecule has 1 aliphatic heterocycles. The number of thioether (sulfide) groups is 1. The monoisotopic (exact) mass is 508 g/mol. The number of aryl methyl sites for hydroxylation is 1. The molecule has 8 heteroatoms. The summed E-state index contributed by atoms with van der Waals surface area (Å²) in [6.07, 6.45) is 0. The lowest BCUT2D eigenvalue weighted by Gasteiger charge is -2.24. The predicted molar refractivity (Wildman–Crippen MR) is 139 cm³/mol. The molecule has 1 N–H and O–H groups in total. The van der Waals surface area contributed by atoms with E-state index in [2.05, 4.69) is 5.32 Å². The molecule has 3 aromatic carbocycles. The third-order valence-electron chi connectivity index (χ3n) is 5.69. The highest BCUT2D eigenvalue weighted by Gasteiger charge is 2.32. The fraction of sp³-hybridized carbons (Fsp3) is 0.222. The van der Waals surface area contributed by atoms with Crippen molar-refractivity contribution in [3.63, 3.8) is 0 Å². The fourth-order valence-electron chi connectivity index (χ4n) is 3.78. The molecule has 1 aliphatic rings. The molecule has 180 valence electrons. The van der Waals surface area contributed by atoms with Crippen LogP contribution in [-0.4, -0.2) is 35.0 Å². The highest BCUT2D eigenvalue weighted by Crippen LogP contribution is 2.39. The average Bonchev–Trinajstić information content (AvgIpc) is 3.22. The number of carbonyl (C=O) groups is 3. The Morgan fingerprint density at radius 2 is 1.74 bits per heavy atom. The molecule has 4 rings (SSSR count). The van der Waals surface area contributed by atoms with Crippen molar-refractivity contribution in [3.05, 3.63) is 99.6 Å². The van der Waals surface area contributed by atoms with Crippen molar-refractivity contribution in [2.24, 2.45) is 0 Å². The van der Waals surface area contributed by atoms with E-state index < -0.39 is 5.97 Å². The smallest absolute Gasteiger partial charge is 0.338 e. The van der Waals surface area contributed by atoms with Crippen LogP contribution in [0.5, 0.6) is 0 Å². The first-order chi connectivity index (χ1) is 16.9. The van der Waals surface area contributed by atoms with Crippen LogP contribution in [0.1, 0.15) is 49.7 Å². The molecule has 1 heterocycles. The number of ether oxygens (including phenoxy) is 1. The number of halogens is 1. The number of carbonyl (C=O) groups excluding carboxylic acids is 3. The summed E-state index contributed by atoms with van der Waals surface area (Å²) in [5.41, 5.74) is 4.20. The van der Waals surface area contributed by atoms with Gasteiger partial charge in [0.05, 0.1) is 17.9 Å². The number of anilines is 1. The van der Waals surface area contributed by atoms with Crippen LogP contribution in [-0.2, 0) is 16.1 Å². The largest absolute Gasteiger partial charge is 0.462 e. The Labute approximate surface area is 213 Å². The maximum atomic E-state index is 12.9. The van der Waals surface area contributed by atoms with Crippen molar-refractivity contribution in [2.45, 2.75) is 25.8 Å². The molecule has 0 unspecified atom stereocenters. The Kier molecular flexibility index (Phi) is 7.78. The van der Waals surface area contributed by atoms with Gasteiger partial charge in [0.15, 0.2) is 0 Å². The number of hydrogen-bond donors (Lipinski definition) is 1. The van der Waals surface area contributed by atoms with Gasteiger partial charge < -0.3 is 15.0 Å². The van der Waals surface area contributed by atoms with Crippen molar-refractivity contribution in [1.82, 2.24) is 4.90 Å². The molecule has 0 saturated carbocycles. The van der Waals surface area contributed by atoms with Crippen molar-refractivity contribution >= 4 is 46.8 Å². The molecule has 0 bridgehead atoms. The fourth-order valence-corrected chi connectivity index (χ4v) is 5.09. The Morgan fingerprint density at radius 3 is 2.43 bits per heavy atom. The van der Waals surface area contributed by atoms with Crippen LogP contribution >= 0.6 is 23.4 Å². The predicted octanol–water partition coefficient (Wildman–Crippen LogP) is 5.85. The zero-order valence-corrected chi connectivity index (χ0v) is 21.0. The van der Waals surface area contributed by atoms with Crippen molar-refractivity contribution < 1.29 is 19.1 Å². The summed E-state index contributed by atoms with van der Waals surface area (Å²) in [7, 11) is 0. The molecule has 1 atom stereocenters. The van der Waals surface area contributed by atoms with E-state index in [4.69, 9.17) is 16.3 Å². The van der Waals surface area contributed by atoms with Gasteiger partial charge >= 0.3 is 5.97 Å². The summed E-state index contributed by atoms with van der Waals surface area (Å²) in [5.74, 6) is -0.224. The van der Waals surface area contributed by atoms with Crippen LogP contribution in [0.4, 0.5) is 5.69 Å². The van der Waals surface area contributed by atoms with E-state index in [1.54, 1.807) is 49.0 Å². The minimum Gasteiger partial charge on any atom is -0.462 e. The summed E-state index contributed by atoms with van der Waals surface area (Å²) in [6.45, 7) is 4.38. The first kappa shape index (κ1) is 24.8. The maximum absolute atomic E-state index is 12.9. The summed E-state index contributed by atoms with van der Waals surface area (Å²) >= 11 is 7.55. The third-order valence-corrected chi connectivity index (χ3v) is 7.20. The summed E-state index contributed by atoms with van der Waals surface area (Å²) in [5, 5.41) is 3.41. The molecule has 3 aromatic rings. The van der Waals surface area contributed by atoms with Crippen LogP contribution in [0.25, 0.3) is 0 Å². The van der Waals surface area contributed by atoms with Crippen LogP contribution in [0.3, 0.4) is 0 Å². The maximum Gasteiger partial charge on any atom is 0.338 e. The number of rotatable bonds is 7. The van der Waals surface area contributed by atoms with E-state index in [1.807, 2.05) is 48.2 Å². The van der Waals surface area contributed by atoms with Gasteiger partial charge in [-0.05, 0) is 66.9 Å². The quantitative estimate of drug-likeness (QED) is 0.405. The lowest BCUT2D eigenvalue weighted by Crippen LogP contribution is -2.27. The molecule has 0 aromatic heterocycles. The minimum atomic E-state index is -0.431. The van der Waals surface area contributed by atoms with E-state index in [9.17, 15) is 14.4 Å². The second-order valence-electron chi connectivity index (χ2n) is 8.14. The van der Waals surface area contributed by atoms with Gasteiger partial charge in [0.1, 0.15) is 5.37 Å². The number of amides is 2. The molecule has 0 spiro atoms. The van der Waals surface area contributed by atoms with Crippen molar-refractivity contribution in [1.29, 1.82) is 0 Å². The van der Waals surface area contributed by atoms with Crippen LogP contribution in [0.15, 0.2) is 66.7 Å². The van der Waals surface area contributed by atoms with E-state index in [1.165, 1.54) is 0 Å². The molecule has 0 aliphatic carbocycles. The van der Waals surface area contributed by atoms with Gasteiger partial charge in [-0.1, -0.05) is 41.9 Å². The summed E-state index contributed by atoms with van der Waals surface area (Å²) < 4.78 is 5.05. The van der Waals surface area contributed by atoms with E-state index in [-0.39, 0.29) is 23.8 Å². The first-order valence-corrected chi connectivity index (χ1v) is 12.6. The average molecular weight is 509 g/mol. The van der Waals surface area contributed by atoms with E-state index in [0.29, 0.717) is 34.1 Å². The number of hydrogen-bond acceptors (Lipinski definition) is 5. The molecule has 1 saturated heterocycles. The van der Waals surface area contributed by atoms with Gasteiger partial charge in [0.25, 0.3) is 5.91 Å². The second kappa shape index (κ2) is 11.0. The van der Waals surface area contributed by atoms with Gasteiger partial charge in [-0.15, -0.1) is 11.8 Å². The van der Waals surface area contributed by atoms with Crippen LogP contribution in [0, 0.1) is 6.92 Å². The SMILES string of the molecule is CCOC(=O)c1ccc(C)c(NC(=O)c2ccc([C@@H]3SCC(=O)N3Cc3ccc(Cl)cc3)cc2)c1. The number of nitrogens with zero attached hydrogens (tertiary/aromatic N) is 1. The van der Waals surface area contributed by atoms with Gasteiger partial charge in [-0.25, -0.2) is 4.79 Å². The molecule has 6 nitrogen and oxygen atoms in total. The second-order valence-corrected chi connectivity index (χ2v) is 9.64. The van der Waals surface area contributed by atoms with Crippen LogP contribution in [0.2, 0.25) is 5.02 Å². The Bertz CT molecular complexity index is 1250. The summed E-state index contributed by atoms with van der Waals surface area (Å²) in [4.78, 5) is 39.3. The Hall–Kier alpha value is -3.29. The van der Waals surface area contributed by atoms with Crippen molar-refractivity contribution in [2.75, 3.05) is 17.7 Å². The lowest BCUT2D eigenvalue weighted by atomic mass is 10.1. The highest BCUT2D eigenvalue weighted by atomic mass is 35.5. The van der Waals surface area contributed by atoms with E-state index >= 15 is 0 Å². The van der Waals surface area contributed by atoms with Gasteiger partial charge in [-0.2, -0.15) is 0 Å². The number of esters is 1. The zero-order chi connectivity index (χ0) is 24.9. The minimum absolute atomic E-state index is 0.0775.